The molecule has 106 valence electrons. The van der Waals surface area contributed by atoms with Crippen LogP contribution in [-0.2, 0) is 6.18 Å². The lowest BCUT2D eigenvalue weighted by atomic mass is 10.1. The molecule has 2 aromatic carbocycles. The molecule has 3 nitrogen and oxygen atoms in total. The molecule has 0 aliphatic heterocycles. The van der Waals surface area contributed by atoms with Crippen molar-refractivity contribution in [3.63, 3.8) is 0 Å². The molecule has 0 aliphatic carbocycles. The highest BCUT2D eigenvalue weighted by Crippen LogP contribution is 2.37. The van der Waals surface area contributed by atoms with E-state index in [2.05, 4.69) is 10.2 Å². The van der Waals surface area contributed by atoms with E-state index in [9.17, 15) is 18.0 Å². The number of anilines is 1. The standard InChI is InChI=1S/C15H9F3N2O/c1-19-11-7-8-13(12(9-11)15(16,17)18)20-14(21)10-5-3-2-4-6-10/h2-9H,(H,20,21). The van der Waals surface area contributed by atoms with Gasteiger partial charge in [0.2, 0.25) is 0 Å². The van der Waals surface area contributed by atoms with Gasteiger partial charge in [-0.25, -0.2) is 4.85 Å². The zero-order valence-electron chi connectivity index (χ0n) is 10.6. The molecule has 0 atom stereocenters. The van der Waals surface area contributed by atoms with Gasteiger partial charge < -0.3 is 5.32 Å². The van der Waals surface area contributed by atoms with Crippen molar-refractivity contribution in [2.75, 3.05) is 5.32 Å². The molecule has 2 aromatic rings. The second-order valence-electron chi connectivity index (χ2n) is 4.16. The van der Waals surface area contributed by atoms with Crippen LogP contribution < -0.4 is 5.32 Å². The topological polar surface area (TPSA) is 33.5 Å². The summed E-state index contributed by atoms with van der Waals surface area (Å²) in [7, 11) is 0. The van der Waals surface area contributed by atoms with E-state index in [0.717, 1.165) is 6.07 Å². The molecule has 0 saturated carbocycles. The second kappa shape index (κ2) is 5.67. The first-order valence-electron chi connectivity index (χ1n) is 5.87. The van der Waals surface area contributed by atoms with E-state index in [1.165, 1.54) is 18.2 Å². The van der Waals surface area contributed by atoms with Crippen LogP contribution in [0, 0.1) is 6.57 Å². The Morgan fingerprint density at radius 2 is 1.76 bits per heavy atom. The minimum Gasteiger partial charge on any atom is -0.322 e. The largest absolute Gasteiger partial charge is 0.417 e. The molecule has 0 aromatic heterocycles. The van der Waals surface area contributed by atoms with E-state index in [-0.39, 0.29) is 16.9 Å². The normalized spacial score (nSPS) is 10.8. The number of hydrogen-bond acceptors (Lipinski definition) is 1. The summed E-state index contributed by atoms with van der Waals surface area (Å²) in [4.78, 5) is 14.9. The van der Waals surface area contributed by atoms with Crippen molar-refractivity contribution in [3.05, 3.63) is 71.1 Å². The van der Waals surface area contributed by atoms with Crippen molar-refractivity contribution in [2.45, 2.75) is 6.18 Å². The zero-order valence-corrected chi connectivity index (χ0v) is 10.6. The maximum absolute atomic E-state index is 13.0. The summed E-state index contributed by atoms with van der Waals surface area (Å²) in [5, 5.41) is 2.22. The molecule has 1 amide bonds. The molecule has 0 radical (unpaired) electrons. The lowest BCUT2D eigenvalue weighted by molar-refractivity contribution is -0.136. The first-order valence-corrected chi connectivity index (χ1v) is 5.87. The third kappa shape index (κ3) is 3.39. The summed E-state index contributed by atoms with van der Waals surface area (Å²) in [6, 6.07) is 10.9. The Hall–Kier alpha value is -2.81. The number of hydrogen-bond donors (Lipinski definition) is 1. The second-order valence-corrected chi connectivity index (χ2v) is 4.16. The molecule has 6 heteroatoms. The van der Waals surface area contributed by atoms with Gasteiger partial charge in [-0.2, -0.15) is 13.2 Å². The monoisotopic (exact) mass is 290 g/mol. The van der Waals surface area contributed by atoms with Gasteiger partial charge in [-0.3, -0.25) is 4.79 Å². The Balaban J connectivity index is 2.37. The number of amides is 1. The van der Waals surface area contributed by atoms with Crippen LogP contribution in [0.4, 0.5) is 24.5 Å². The minimum atomic E-state index is -4.65. The predicted molar refractivity (Wildman–Crippen MR) is 72.1 cm³/mol. The van der Waals surface area contributed by atoms with Gasteiger partial charge in [0, 0.05) is 5.56 Å². The van der Waals surface area contributed by atoms with Crippen molar-refractivity contribution in [2.24, 2.45) is 0 Å². The van der Waals surface area contributed by atoms with Crippen molar-refractivity contribution >= 4 is 17.3 Å². The third-order valence-corrected chi connectivity index (χ3v) is 2.72. The van der Waals surface area contributed by atoms with E-state index in [4.69, 9.17) is 6.57 Å². The molecule has 0 bridgehead atoms. The molecule has 0 unspecified atom stereocenters. The van der Waals surface area contributed by atoms with Crippen LogP contribution in [0.25, 0.3) is 4.85 Å². The molecule has 21 heavy (non-hydrogen) atoms. The Morgan fingerprint density at radius 1 is 1.10 bits per heavy atom. The lowest BCUT2D eigenvalue weighted by Crippen LogP contribution is -2.16. The summed E-state index contributed by atoms with van der Waals surface area (Å²) in [6.45, 7) is 6.76. The van der Waals surface area contributed by atoms with Crippen molar-refractivity contribution < 1.29 is 18.0 Å². The summed E-state index contributed by atoms with van der Waals surface area (Å²) < 4.78 is 38.9. The first kappa shape index (κ1) is 14.6. The number of alkyl halides is 3. The third-order valence-electron chi connectivity index (χ3n) is 2.72. The molecular formula is C15H9F3N2O. The van der Waals surface area contributed by atoms with Gasteiger partial charge in [0.1, 0.15) is 0 Å². The number of benzene rings is 2. The van der Waals surface area contributed by atoms with Crippen LogP contribution in [0.2, 0.25) is 0 Å². The zero-order chi connectivity index (χ0) is 15.5. The Morgan fingerprint density at radius 3 is 2.33 bits per heavy atom. The van der Waals surface area contributed by atoms with Gasteiger partial charge in [-0.15, -0.1) is 0 Å². The van der Waals surface area contributed by atoms with Gasteiger partial charge in [-0.05, 0) is 24.3 Å². The highest BCUT2D eigenvalue weighted by molar-refractivity contribution is 6.04. The Labute approximate surface area is 118 Å². The van der Waals surface area contributed by atoms with Crippen molar-refractivity contribution in [1.29, 1.82) is 0 Å². The summed E-state index contributed by atoms with van der Waals surface area (Å²) in [6.07, 6.45) is -4.65. The van der Waals surface area contributed by atoms with Gasteiger partial charge in [-0.1, -0.05) is 24.3 Å². The first-order chi connectivity index (χ1) is 9.91. The number of nitrogens with one attached hydrogen (secondary N) is 1. The van der Waals surface area contributed by atoms with E-state index in [0.29, 0.717) is 6.07 Å². The predicted octanol–water partition coefficient (Wildman–Crippen LogP) is 4.51. The quantitative estimate of drug-likeness (QED) is 0.811. The van der Waals surface area contributed by atoms with E-state index in [1.54, 1.807) is 18.2 Å². The number of nitrogens with zero attached hydrogens (tertiary/aromatic N) is 1. The smallest absolute Gasteiger partial charge is 0.322 e. The maximum Gasteiger partial charge on any atom is 0.417 e. The average Bonchev–Trinajstić information content (AvgIpc) is 2.47. The highest BCUT2D eigenvalue weighted by Gasteiger charge is 2.34. The lowest BCUT2D eigenvalue weighted by Gasteiger charge is -2.14. The molecule has 0 saturated heterocycles. The van der Waals surface area contributed by atoms with Gasteiger partial charge in [0.25, 0.3) is 5.91 Å². The molecule has 0 fully saturated rings. The van der Waals surface area contributed by atoms with Crippen LogP contribution in [0.1, 0.15) is 15.9 Å². The van der Waals surface area contributed by atoms with Crippen LogP contribution in [0.15, 0.2) is 48.5 Å². The van der Waals surface area contributed by atoms with Crippen LogP contribution >= 0.6 is 0 Å². The van der Waals surface area contributed by atoms with E-state index < -0.39 is 17.6 Å². The molecule has 0 spiro atoms. The van der Waals surface area contributed by atoms with E-state index >= 15 is 0 Å². The summed E-state index contributed by atoms with van der Waals surface area (Å²) >= 11 is 0. The van der Waals surface area contributed by atoms with Gasteiger partial charge in [0.15, 0.2) is 5.69 Å². The summed E-state index contributed by atoms with van der Waals surface area (Å²) in [5.74, 6) is -0.642. The highest BCUT2D eigenvalue weighted by atomic mass is 19.4. The fourth-order valence-corrected chi connectivity index (χ4v) is 1.73. The van der Waals surface area contributed by atoms with Crippen molar-refractivity contribution in [1.82, 2.24) is 0 Å². The average molecular weight is 290 g/mol. The fourth-order valence-electron chi connectivity index (χ4n) is 1.73. The molecule has 1 N–H and O–H groups in total. The van der Waals surface area contributed by atoms with Gasteiger partial charge >= 0.3 is 6.18 Å². The number of halogens is 3. The molecular weight excluding hydrogens is 281 g/mol. The summed E-state index contributed by atoms with van der Waals surface area (Å²) in [5.41, 5.74) is -1.30. The number of rotatable bonds is 2. The maximum atomic E-state index is 13.0. The SMILES string of the molecule is [C-]#[N+]c1ccc(NC(=O)c2ccccc2)c(C(F)(F)F)c1. The molecule has 0 heterocycles. The van der Waals surface area contributed by atoms with Crippen LogP contribution in [0.3, 0.4) is 0 Å². The van der Waals surface area contributed by atoms with Crippen LogP contribution in [0.5, 0.6) is 0 Å². The Bertz CT molecular complexity index is 703. The van der Waals surface area contributed by atoms with Crippen LogP contribution in [-0.4, -0.2) is 5.91 Å². The molecule has 0 aliphatic rings. The van der Waals surface area contributed by atoms with E-state index in [1.807, 2.05) is 0 Å². The Kier molecular flexibility index (Phi) is 3.94. The number of carbonyl (C=O) groups is 1. The van der Waals surface area contributed by atoms with Crippen molar-refractivity contribution in [3.8, 4) is 0 Å². The number of carbonyl (C=O) groups excluding carboxylic acids is 1. The van der Waals surface area contributed by atoms with Gasteiger partial charge in [0.05, 0.1) is 17.8 Å². The molecule has 2 rings (SSSR count). The minimum absolute atomic E-state index is 0.139. The fraction of sp³-hybridized carbons (Fsp3) is 0.0667.